The van der Waals surface area contributed by atoms with Crippen molar-refractivity contribution in [3.8, 4) is 5.75 Å². The van der Waals surface area contributed by atoms with E-state index < -0.39 is 17.8 Å². The molecule has 2 aliphatic rings. The number of halogens is 3. The number of carbonyl (C=O) groups is 1. The van der Waals surface area contributed by atoms with Crippen LogP contribution in [0.15, 0.2) is 48.5 Å². The molecule has 2 aromatic carbocycles. The number of ether oxygens (including phenoxy) is 3. The minimum atomic E-state index is -4.52. The number of hydrogen-bond acceptors (Lipinski definition) is 4. The van der Waals surface area contributed by atoms with Gasteiger partial charge in [-0.3, -0.25) is 0 Å². The Morgan fingerprint density at radius 2 is 1.73 bits per heavy atom. The molecule has 2 fully saturated rings. The van der Waals surface area contributed by atoms with Crippen molar-refractivity contribution in [2.24, 2.45) is 0 Å². The van der Waals surface area contributed by atoms with Crippen LogP contribution in [0.1, 0.15) is 36.8 Å². The maximum atomic E-state index is 13.2. The quantitative estimate of drug-likeness (QED) is 0.596. The molecule has 9 heteroatoms. The van der Waals surface area contributed by atoms with Crippen molar-refractivity contribution in [1.29, 1.82) is 0 Å². The molecule has 1 saturated heterocycles. The summed E-state index contributed by atoms with van der Waals surface area (Å²) in [6.45, 7) is 1.28. The van der Waals surface area contributed by atoms with Crippen molar-refractivity contribution in [2.45, 2.75) is 56.7 Å². The third-order valence-corrected chi connectivity index (χ3v) is 5.79. The van der Waals surface area contributed by atoms with Gasteiger partial charge in [-0.25, -0.2) is 4.79 Å². The zero-order chi connectivity index (χ0) is 23.3. The lowest BCUT2D eigenvalue weighted by molar-refractivity contribution is -0.137. The summed E-state index contributed by atoms with van der Waals surface area (Å²) >= 11 is 0. The van der Waals surface area contributed by atoms with Crippen molar-refractivity contribution >= 4 is 11.7 Å². The summed E-state index contributed by atoms with van der Waals surface area (Å²) in [4.78, 5) is 12.5. The standard InChI is InChI=1S/C24H27F3N2O4/c25-24(26,27)17-6-11-22(33-20-14-31-15-20)21(12-17)29-23(30)28-18-7-9-19(10-8-18)32-13-16-4-2-1-3-5-16/h1-6,11-12,18-20H,7-10,13-15H2,(H2,28,29,30). The van der Waals surface area contributed by atoms with Gasteiger partial charge in [-0.05, 0) is 49.4 Å². The van der Waals surface area contributed by atoms with E-state index in [2.05, 4.69) is 10.6 Å². The van der Waals surface area contributed by atoms with Crippen molar-refractivity contribution in [2.75, 3.05) is 18.5 Å². The second-order valence-corrected chi connectivity index (χ2v) is 8.35. The largest absolute Gasteiger partial charge is 0.483 e. The molecule has 0 radical (unpaired) electrons. The van der Waals surface area contributed by atoms with Gasteiger partial charge in [-0.1, -0.05) is 30.3 Å². The first-order valence-corrected chi connectivity index (χ1v) is 11.1. The van der Waals surface area contributed by atoms with Gasteiger partial charge in [0.25, 0.3) is 0 Å². The number of hydrogen-bond donors (Lipinski definition) is 2. The molecule has 178 valence electrons. The molecule has 1 saturated carbocycles. The van der Waals surface area contributed by atoms with Gasteiger partial charge in [0.15, 0.2) is 0 Å². The Morgan fingerprint density at radius 3 is 2.36 bits per heavy atom. The number of benzene rings is 2. The maximum absolute atomic E-state index is 13.2. The van der Waals surface area contributed by atoms with E-state index in [0.717, 1.165) is 43.4 Å². The Labute approximate surface area is 190 Å². The van der Waals surface area contributed by atoms with Gasteiger partial charge in [-0.15, -0.1) is 0 Å². The molecule has 0 bridgehead atoms. The Kier molecular flexibility index (Phi) is 7.39. The minimum Gasteiger partial charge on any atom is -0.483 e. The average molecular weight is 464 g/mol. The summed E-state index contributed by atoms with van der Waals surface area (Å²) in [6.07, 6.45) is -1.56. The highest BCUT2D eigenvalue weighted by atomic mass is 19.4. The van der Waals surface area contributed by atoms with Crippen molar-refractivity contribution in [3.05, 3.63) is 59.7 Å². The predicted molar refractivity (Wildman–Crippen MR) is 116 cm³/mol. The fraction of sp³-hybridized carbons (Fsp3) is 0.458. The van der Waals surface area contributed by atoms with Crippen LogP contribution in [0.4, 0.5) is 23.7 Å². The molecule has 1 aliphatic carbocycles. The zero-order valence-corrected chi connectivity index (χ0v) is 18.1. The molecular formula is C24H27F3N2O4. The van der Waals surface area contributed by atoms with Crippen LogP contribution in [0.2, 0.25) is 0 Å². The number of urea groups is 1. The van der Waals surface area contributed by atoms with Crippen LogP contribution in [0.3, 0.4) is 0 Å². The van der Waals surface area contributed by atoms with E-state index in [9.17, 15) is 18.0 Å². The van der Waals surface area contributed by atoms with Crippen molar-refractivity contribution in [1.82, 2.24) is 5.32 Å². The average Bonchev–Trinajstić information content (AvgIpc) is 2.76. The van der Waals surface area contributed by atoms with E-state index in [4.69, 9.17) is 14.2 Å². The Balaban J connectivity index is 1.29. The monoisotopic (exact) mass is 464 g/mol. The van der Waals surface area contributed by atoms with Crippen LogP contribution in [-0.2, 0) is 22.3 Å². The van der Waals surface area contributed by atoms with Crippen LogP contribution in [0.5, 0.6) is 5.75 Å². The smallest absolute Gasteiger partial charge is 0.416 e. The molecule has 4 rings (SSSR count). The second-order valence-electron chi connectivity index (χ2n) is 8.35. The molecule has 0 aromatic heterocycles. The third kappa shape index (κ3) is 6.61. The molecule has 0 spiro atoms. The lowest BCUT2D eigenvalue weighted by Crippen LogP contribution is -2.41. The molecule has 2 aromatic rings. The van der Waals surface area contributed by atoms with Crippen LogP contribution in [0, 0.1) is 0 Å². The fourth-order valence-electron chi connectivity index (χ4n) is 3.87. The molecule has 0 atom stereocenters. The summed E-state index contributed by atoms with van der Waals surface area (Å²) in [5.74, 6) is 0.185. The molecule has 1 heterocycles. The highest BCUT2D eigenvalue weighted by Gasteiger charge is 2.32. The van der Waals surface area contributed by atoms with E-state index in [-0.39, 0.29) is 29.7 Å². The minimum absolute atomic E-state index is 0.0193. The third-order valence-electron chi connectivity index (χ3n) is 5.79. The number of rotatable bonds is 7. The molecule has 6 nitrogen and oxygen atoms in total. The summed E-state index contributed by atoms with van der Waals surface area (Å²) in [6, 6.07) is 12.4. The summed E-state index contributed by atoms with van der Waals surface area (Å²) in [5, 5.41) is 5.40. The Morgan fingerprint density at radius 1 is 1.00 bits per heavy atom. The van der Waals surface area contributed by atoms with Gasteiger partial charge in [0, 0.05) is 6.04 Å². The van der Waals surface area contributed by atoms with Crippen LogP contribution < -0.4 is 15.4 Å². The topological polar surface area (TPSA) is 68.8 Å². The summed E-state index contributed by atoms with van der Waals surface area (Å²) in [5.41, 5.74) is 0.241. The van der Waals surface area contributed by atoms with Crippen LogP contribution >= 0.6 is 0 Å². The highest BCUT2D eigenvalue weighted by molar-refractivity contribution is 5.91. The number of nitrogens with one attached hydrogen (secondary N) is 2. The van der Waals surface area contributed by atoms with Gasteiger partial charge in [0.1, 0.15) is 11.9 Å². The van der Waals surface area contributed by atoms with Gasteiger partial charge in [0.05, 0.1) is 37.2 Å². The van der Waals surface area contributed by atoms with Crippen molar-refractivity contribution < 1.29 is 32.2 Å². The number of alkyl halides is 3. The van der Waals surface area contributed by atoms with Gasteiger partial charge < -0.3 is 24.8 Å². The molecule has 33 heavy (non-hydrogen) atoms. The molecule has 2 amide bonds. The number of amides is 2. The predicted octanol–water partition coefficient (Wildman–Crippen LogP) is 5.13. The molecule has 2 N–H and O–H groups in total. The fourth-order valence-corrected chi connectivity index (χ4v) is 3.87. The van der Waals surface area contributed by atoms with Crippen LogP contribution in [-0.4, -0.2) is 37.5 Å². The molecular weight excluding hydrogens is 437 g/mol. The Bertz CT molecular complexity index is 927. The second kappa shape index (κ2) is 10.4. The maximum Gasteiger partial charge on any atom is 0.416 e. The number of anilines is 1. The van der Waals surface area contributed by atoms with E-state index >= 15 is 0 Å². The lowest BCUT2D eigenvalue weighted by Gasteiger charge is -2.30. The van der Waals surface area contributed by atoms with Gasteiger partial charge in [-0.2, -0.15) is 13.2 Å². The first kappa shape index (κ1) is 23.4. The van der Waals surface area contributed by atoms with Gasteiger partial charge >= 0.3 is 12.2 Å². The highest BCUT2D eigenvalue weighted by Crippen LogP contribution is 2.36. The first-order chi connectivity index (χ1) is 15.9. The first-order valence-electron chi connectivity index (χ1n) is 11.1. The van der Waals surface area contributed by atoms with E-state index in [1.54, 1.807) is 0 Å². The van der Waals surface area contributed by atoms with Crippen LogP contribution in [0.25, 0.3) is 0 Å². The SMILES string of the molecule is O=C(Nc1cc(C(F)(F)F)ccc1OC1COC1)NC1CCC(OCc2ccccc2)CC1. The zero-order valence-electron chi connectivity index (χ0n) is 18.1. The van der Waals surface area contributed by atoms with E-state index in [1.165, 1.54) is 6.07 Å². The van der Waals surface area contributed by atoms with E-state index in [1.807, 2.05) is 30.3 Å². The Hall–Kier alpha value is -2.78. The van der Waals surface area contributed by atoms with E-state index in [0.29, 0.717) is 19.8 Å². The summed E-state index contributed by atoms with van der Waals surface area (Å²) < 4.78 is 56.1. The number of carbonyl (C=O) groups excluding carboxylic acids is 1. The molecule has 0 unspecified atom stereocenters. The summed E-state index contributed by atoms with van der Waals surface area (Å²) in [7, 11) is 0. The molecule has 1 aliphatic heterocycles. The normalized spacial score (nSPS) is 21.2. The van der Waals surface area contributed by atoms with Crippen molar-refractivity contribution in [3.63, 3.8) is 0 Å². The van der Waals surface area contributed by atoms with Gasteiger partial charge in [0.2, 0.25) is 0 Å². The lowest BCUT2D eigenvalue weighted by atomic mass is 9.93.